The molecule has 6 nitrogen and oxygen atoms in total. The Morgan fingerprint density at radius 2 is 2.00 bits per heavy atom. The molecular weight excluding hydrogens is 226 g/mol. The molecule has 6 heteroatoms. The SMILES string of the molecule is Cc1ccc(O)c(C(NCC(=O)O)C(=O)O)c1. The Morgan fingerprint density at radius 3 is 2.53 bits per heavy atom. The summed E-state index contributed by atoms with van der Waals surface area (Å²) in [5.74, 6) is -2.59. The summed E-state index contributed by atoms with van der Waals surface area (Å²) >= 11 is 0. The molecule has 0 saturated carbocycles. The van der Waals surface area contributed by atoms with Gasteiger partial charge in [-0.1, -0.05) is 17.7 Å². The molecule has 0 aliphatic rings. The highest BCUT2D eigenvalue weighted by atomic mass is 16.4. The Kier molecular flexibility index (Phi) is 4.06. The summed E-state index contributed by atoms with van der Waals surface area (Å²) in [7, 11) is 0. The molecule has 0 amide bonds. The number of phenolic OH excluding ortho intramolecular Hbond substituents is 1. The summed E-state index contributed by atoms with van der Waals surface area (Å²) in [5.41, 5.74) is 0.930. The van der Waals surface area contributed by atoms with Crippen molar-refractivity contribution in [2.75, 3.05) is 6.54 Å². The smallest absolute Gasteiger partial charge is 0.325 e. The molecule has 0 spiro atoms. The summed E-state index contributed by atoms with van der Waals surface area (Å²) in [4.78, 5) is 21.4. The predicted molar refractivity (Wildman–Crippen MR) is 58.9 cm³/mol. The quantitative estimate of drug-likeness (QED) is 0.596. The van der Waals surface area contributed by atoms with Crippen LogP contribution in [0.3, 0.4) is 0 Å². The normalized spacial score (nSPS) is 12.1. The molecule has 1 atom stereocenters. The Labute approximate surface area is 97.5 Å². The van der Waals surface area contributed by atoms with Gasteiger partial charge in [0.2, 0.25) is 0 Å². The van der Waals surface area contributed by atoms with Crippen molar-refractivity contribution in [3.63, 3.8) is 0 Å². The van der Waals surface area contributed by atoms with Crippen LogP contribution in [-0.4, -0.2) is 33.8 Å². The molecule has 0 aliphatic heterocycles. The number of nitrogens with one attached hydrogen (secondary N) is 1. The van der Waals surface area contributed by atoms with Gasteiger partial charge in [0.15, 0.2) is 0 Å². The molecule has 1 rings (SSSR count). The minimum absolute atomic E-state index is 0.152. The van der Waals surface area contributed by atoms with Crippen molar-refractivity contribution in [3.05, 3.63) is 29.3 Å². The fourth-order valence-corrected chi connectivity index (χ4v) is 1.42. The third-order valence-corrected chi connectivity index (χ3v) is 2.20. The van der Waals surface area contributed by atoms with Crippen LogP contribution in [0, 0.1) is 6.92 Å². The first kappa shape index (κ1) is 13.0. The average molecular weight is 239 g/mol. The summed E-state index contributed by atoms with van der Waals surface area (Å²) < 4.78 is 0. The minimum Gasteiger partial charge on any atom is -0.508 e. The van der Waals surface area contributed by atoms with Crippen LogP contribution in [0.15, 0.2) is 18.2 Å². The molecule has 0 heterocycles. The van der Waals surface area contributed by atoms with Crippen LogP contribution in [0.5, 0.6) is 5.75 Å². The lowest BCUT2D eigenvalue weighted by Gasteiger charge is -2.15. The summed E-state index contributed by atoms with van der Waals surface area (Å²) in [6.07, 6.45) is 0. The maximum Gasteiger partial charge on any atom is 0.325 e. The second-order valence-corrected chi connectivity index (χ2v) is 3.61. The van der Waals surface area contributed by atoms with Crippen molar-refractivity contribution in [1.82, 2.24) is 5.32 Å². The van der Waals surface area contributed by atoms with Gasteiger partial charge >= 0.3 is 11.9 Å². The Hall–Kier alpha value is -2.08. The number of benzene rings is 1. The lowest BCUT2D eigenvalue weighted by Crippen LogP contribution is -2.32. The predicted octanol–water partition coefficient (Wildman–Crippen LogP) is 0.501. The number of carbonyl (C=O) groups is 2. The van der Waals surface area contributed by atoms with Crippen LogP contribution in [0.4, 0.5) is 0 Å². The molecular formula is C11H13NO5. The Balaban J connectivity index is 3.00. The van der Waals surface area contributed by atoms with E-state index in [9.17, 15) is 14.7 Å². The van der Waals surface area contributed by atoms with Gasteiger partial charge in [-0.05, 0) is 13.0 Å². The molecule has 0 radical (unpaired) electrons. The Bertz CT molecular complexity index is 443. The highest BCUT2D eigenvalue weighted by Crippen LogP contribution is 2.25. The van der Waals surface area contributed by atoms with Gasteiger partial charge in [-0.15, -0.1) is 0 Å². The van der Waals surface area contributed by atoms with Crippen LogP contribution in [0.25, 0.3) is 0 Å². The molecule has 17 heavy (non-hydrogen) atoms. The average Bonchev–Trinajstić information content (AvgIpc) is 2.22. The van der Waals surface area contributed by atoms with E-state index in [2.05, 4.69) is 5.32 Å². The van der Waals surface area contributed by atoms with Crippen molar-refractivity contribution in [2.24, 2.45) is 0 Å². The van der Waals surface area contributed by atoms with E-state index in [4.69, 9.17) is 10.2 Å². The number of hydrogen-bond acceptors (Lipinski definition) is 4. The van der Waals surface area contributed by atoms with Crippen molar-refractivity contribution >= 4 is 11.9 Å². The first-order valence-electron chi connectivity index (χ1n) is 4.89. The Morgan fingerprint density at radius 1 is 1.35 bits per heavy atom. The molecule has 0 aromatic heterocycles. The van der Waals surface area contributed by atoms with Crippen LogP contribution in [-0.2, 0) is 9.59 Å². The zero-order valence-electron chi connectivity index (χ0n) is 9.17. The number of aliphatic carboxylic acids is 2. The van der Waals surface area contributed by atoms with E-state index in [1.807, 2.05) is 0 Å². The number of aryl methyl sites for hydroxylation is 1. The maximum atomic E-state index is 11.0. The first-order valence-corrected chi connectivity index (χ1v) is 4.89. The number of hydrogen-bond donors (Lipinski definition) is 4. The van der Waals surface area contributed by atoms with Gasteiger partial charge in [-0.25, -0.2) is 0 Å². The van der Waals surface area contributed by atoms with E-state index in [-0.39, 0.29) is 11.3 Å². The molecule has 1 aromatic carbocycles. The van der Waals surface area contributed by atoms with E-state index in [0.717, 1.165) is 5.56 Å². The van der Waals surface area contributed by atoms with Gasteiger partial charge in [0, 0.05) is 5.56 Å². The summed E-state index contributed by atoms with van der Waals surface area (Å²) in [6.45, 7) is 1.25. The highest BCUT2D eigenvalue weighted by molar-refractivity contribution is 5.78. The van der Waals surface area contributed by atoms with Gasteiger partial charge in [0.05, 0.1) is 6.54 Å². The number of rotatable bonds is 5. The van der Waals surface area contributed by atoms with Gasteiger partial charge < -0.3 is 15.3 Å². The van der Waals surface area contributed by atoms with Gasteiger partial charge in [-0.2, -0.15) is 0 Å². The topological polar surface area (TPSA) is 107 Å². The lowest BCUT2D eigenvalue weighted by molar-refractivity contribution is -0.140. The van der Waals surface area contributed by atoms with E-state index >= 15 is 0 Å². The third kappa shape index (κ3) is 3.46. The van der Waals surface area contributed by atoms with E-state index in [0.29, 0.717) is 0 Å². The van der Waals surface area contributed by atoms with Crippen LogP contribution in [0.2, 0.25) is 0 Å². The van der Waals surface area contributed by atoms with Crippen LogP contribution < -0.4 is 5.32 Å². The van der Waals surface area contributed by atoms with Gasteiger partial charge in [0.1, 0.15) is 11.8 Å². The number of carboxylic acid groups (broad SMARTS) is 2. The summed E-state index contributed by atoms with van der Waals surface area (Å²) in [5, 5.41) is 29.4. The zero-order valence-corrected chi connectivity index (χ0v) is 9.17. The van der Waals surface area contributed by atoms with E-state index in [1.165, 1.54) is 12.1 Å². The highest BCUT2D eigenvalue weighted by Gasteiger charge is 2.23. The van der Waals surface area contributed by atoms with Gasteiger partial charge in [0.25, 0.3) is 0 Å². The van der Waals surface area contributed by atoms with Crippen LogP contribution in [0.1, 0.15) is 17.2 Å². The van der Waals surface area contributed by atoms with Crippen LogP contribution >= 0.6 is 0 Å². The zero-order chi connectivity index (χ0) is 13.0. The number of phenols is 1. The minimum atomic E-state index is -1.24. The monoisotopic (exact) mass is 239 g/mol. The molecule has 1 unspecified atom stereocenters. The fourth-order valence-electron chi connectivity index (χ4n) is 1.42. The lowest BCUT2D eigenvalue weighted by atomic mass is 10.0. The standard InChI is InChI=1S/C11H13NO5/c1-6-2-3-8(13)7(4-6)10(11(16)17)12-5-9(14)15/h2-4,10,12-13H,5H2,1H3,(H,14,15)(H,16,17). The largest absolute Gasteiger partial charge is 0.508 e. The summed E-state index contributed by atoms with van der Waals surface area (Å²) in [6, 6.07) is 3.27. The molecule has 4 N–H and O–H groups in total. The second kappa shape index (κ2) is 5.31. The molecule has 0 saturated heterocycles. The number of aromatic hydroxyl groups is 1. The van der Waals surface area contributed by atoms with Crippen molar-refractivity contribution in [2.45, 2.75) is 13.0 Å². The van der Waals surface area contributed by atoms with Gasteiger partial charge in [-0.3, -0.25) is 14.9 Å². The molecule has 92 valence electrons. The molecule has 0 bridgehead atoms. The van der Waals surface area contributed by atoms with E-state index < -0.39 is 24.5 Å². The number of carboxylic acids is 2. The fraction of sp³-hybridized carbons (Fsp3) is 0.273. The molecule has 1 aromatic rings. The first-order chi connectivity index (χ1) is 7.91. The van der Waals surface area contributed by atoms with E-state index in [1.54, 1.807) is 13.0 Å². The van der Waals surface area contributed by atoms with Crippen molar-refractivity contribution in [3.8, 4) is 5.75 Å². The maximum absolute atomic E-state index is 11.0. The molecule has 0 fully saturated rings. The molecule has 0 aliphatic carbocycles. The second-order valence-electron chi connectivity index (χ2n) is 3.61. The third-order valence-electron chi connectivity index (χ3n) is 2.20. The van der Waals surface area contributed by atoms with Crippen molar-refractivity contribution < 1.29 is 24.9 Å². The van der Waals surface area contributed by atoms with Crippen molar-refractivity contribution in [1.29, 1.82) is 0 Å².